The van der Waals surface area contributed by atoms with Crippen molar-refractivity contribution in [2.24, 2.45) is 0 Å². The third-order valence-electron chi connectivity index (χ3n) is 8.72. The highest BCUT2D eigenvalue weighted by atomic mass is 16.7. The Morgan fingerprint density at radius 3 is 2.07 bits per heavy atom. The number of methoxy groups -OCH3 is 2. The van der Waals surface area contributed by atoms with Crippen LogP contribution in [0.15, 0.2) is 94.6 Å². The summed E-state index contributed by atoms with van der Waals surface area (Å²) in [7, 11) is 3.22. The molecule has 3 heterocycles. The van der Waals surface area contributed by atoms with Crippen molar-refractivity contribution in [2.45, 2.75) is 36.4 Å². The first-order chi connectivity index (χ1) is 21.7. The molecule has 11 nitrogen and oxygen atoms in total. The van der Waals surface area contributed by atoms with Gasteiger partial charge < -0.3 is 33.5 Å². The van der Waals surface area contributed by atoms with E-state index in [-0.39, 0.29) is 33.0 Å². The predicted molar refractivity (Wildman–Crippen MR) is 164 cm³/mol. The quantitative estimate of drug-likeness (QED) is 0.272. The topological polar surface area (TPSA) is 130 Å². The van der Waals surface area contributed by atoms with Gasteiger partial charge in [-0.15, -0.1) is 0 Å². The van der Waals surface area contributed by atoms with Crippen molar-refractivity contribution in [3.8, 4) is 11.5 Å². The van der Waals surface area contributed by atoms with Gasteiger partial charge in [0.25, 0.3) is 5.56 Å². The molecule has 1 aromatic heterocycles. The zero-order valence-electron chi connectivity index (χ0n) is 25.4. The molecule has 2 aliphatic heterocycles. The molecule has 0 amide bonds. The van der Waals surface area contributed by atoms with Crippen molar-refractivity contribution in [2.75, 3.05) is 40.8 Å². The van der Waals surface area contributed by atoms with Gasteiger partial charge in [0, 0.05) is 18.2 Å². The van der Waals surface area contributed by atoms with Gasteiger partial charge in [0.15, 0.2) is 0 Å². The van der Waals surface area contributed by atoms with Crippen molar-refractivity contribution in [1.29, 1.82) is 0 Å². The van der Waals surface area contributed by atoms with E-state index in [1.807, 2.05) is 78.9 Å². The summed E-state index contributed by atoms with van der Waals surface area (Å²) in [5, 5.41) is 12.2. The highest BCUT2D eigenvalue weighted by Crippen LogP contribution is 2.49. The van der Waals surface area contributed by atoms with Crippen molar-refractivity contribution >= 4 is 0 Å². The van der Waals surface area contributed by atoms with E-state index in [9.17, 15) is 14.7 Å². The molecule has 236 valence electrons. The minimum absolute atomic E-state index is 0.00544. The third-order valence-corrected chi connectivity index (χ3v) is 8.72. The molecule has 0 bridgehead atoms. The molecule has 2 fully saturated rings. The average Bonchev–Trinajstić information content (AvgIpc) is 3.25. The summed E-state index contributed by atoms with van der Waals surface area (Å²) in [5.41, 5.74) is -2.65. The monoisotopic (exact) mass is 616 g/mol. The van der Waals surface area contributed by atoms with E-state index < -0.39 is 34.3 Å². The van der Waals surface area contributed by atoms with Crippen LogP contribution in [-0.2, 0) is 24.5 Å². The molecule has 2 saturated heterocycles. The van der Waals surface area contributed by atoms with E-state index in [1.165, 1.54) is 10.8 Å². The normalized spacial score (nSPS) is 23.2. The van der Waals surface area contributed by atoms with E-state index in [4.69, 9.17) is 28.4 Å². The number of nitrogens with one attached hydrogen (secondary N) is 1. The van der Waals surface area contributed by atoms with Crippen LogP contribution in [0.3, 0.4) is 0 Å². The standard InChI is InChI=1S/C34H36N2O9/c1-23-18-36(31(38)35-30(23)37)29-17-32(39)19-42-22-43-20-33(32,45-29)21-44-34(24-7-5-4-6-8-24,25-9-13-27(40-2)14-10-25)26-11-15-28(41-3)16-12-26/h4-16,18,29,39H,17,19-22H2,1-3H3,(H,35,37,38)/t29-,32?,33-/m1/s1. The molecule has 0 spiro atoms. The Balaban J connectivity index is 1.49. The molecule has 2 N–H and O–H groups in total. The number of hydrogen-bond donors (Lipinski definition) is 2. The SMILES string of the molecule is COc1ccc(C(OC[C@]23COCOCC2(O)C[C@H](n2cc(C)c(=O)[nH]c2=O)O3)(c2ccccc2)c2ccc(OC)cc2)cc1. The Labute approximate surface area is 259 Å². The maximum atomic E-state index is 12.9. The van der Waals surface area contributed by atoms with Gasteiger partial charge >= 0.3 is 5.69 Å². The van der Waals surface area contributed by atoms with Gasteiger partial charge in [0.05, 0.1) is 34.0 Å². The predicted octanol–water partition coefficient (Wildman–Crippen LogP) is 3.26. The molecule has 4 aromatic rings. The highest BCUT2D eigenvalue weighted by molar-refractivity contribution is 5.49. The molecule has 2 aliphatic rings. The lowest BCUT2D eigenvalue weighted by Gasteiger charge is -2.42. The molecule has 6 rings (SSSR count). The summed E-state index contributed by atoms with van der Waals surface area (Å²) < 4.78 is 37.3. The fourth-order valence-electron chi connectivity index (χ4n) is 6.19. The Morgan fingerprint density at radius 1 is 0.889 bits per heavy atom. The van der Waals surface area contributed by atoms with Gasteiger partial charge in [-0.05, 0) is 47.9 Å². The minimum atomic E-state index is -1.61. The fraction of sp³-hybridized carbons (Fsp3) is 0.353. The van der Waals surface area contributed by atoms with Crippen molar-refractivity contribution < 1.29 is 33.5 Å². The first-order valence-corrected chi connectivity index (χ1v) is 14.6. The van der Waals surface area contributed by atoms with Gasteiger partial charge in [-0.2, -0.15) is 0 Å². The molecule has 45 heavy (non-hydrogen) atoms. The summed E-state index contributed by atoms with van der Waals surface area (Å²) in [5.74, 6) is 1.36. The van der Waals surface area contributed by atoms with E-state index >= 15 is 0 Å². The van der Waals surface area contributed by atoms with Crippen molar-refractivity contribution in [3.63, 3.8) is 0 Å². The van der Waals surface area contributed by atoms with Gasteiger partial charge in [0.1, 0.15) is 41.3 Å². The molecule has 3 aromatic carbocycles. The second kappa shape index (κ2) is 12.3. The second-order valence-electron chi connectivity index (χ2n) is 11.4. The number of H-pyrrole nitrogens is 1. The van der Waals surface area contributed by atoms with Gasteiger partial charge in [-0.1, -0.05) is 54.6 Å². The first-order valence-electron chi connectivity index (χ1n) is 14.6. The fourth-order valence-corrected chi connectivity index (χ4v) is 6.19. The highest BCUT2D eigenvalue weighted by Gasteiger charge is 2.62. The Bertz CT molecular complexity index is 1690. The maximum absolute atomic E-state index is 12.9. The van der Waals surface area contributed by atoms with Crippen LogP contribution in [0.1, 0.15) is 34.9 Å². The number of ether oxygens (including phenoxy) is 6. The van der Waals surface area contributed by atoms with E-state index in [2.05, 4.69) is 4.98 Å². The first kappa shape index (κ1) is 30.8. The zero-order chi connectivity index (χ0) is 31.7. The number of nitrogens with zero attached hydrogens (tertiary/aromatic N) is 1. The number of rotatable bonds is 9. The second-order valence-corrected chi connectivity index (χ2v) is 11.4. The van der Waals surface area contributed by atoms with Gasteiger partial charge in [0.2, 0.25) is 0 Å². The molecule has 0 saturated carbocycles. The molecular weight excluding hydrogens is 580 g/mol. The lowest BCUT2D eigenvalue weighted by Crippen LogP contribution is -2.59. The van der Waals surface area contributed by atoms with Crippen molar-refractivity contribution in [3.05, 3.63) is 128 Å². The van der Waals surface area contributed by atoms with E-state index in [0.29, 0.717) is 17.1 Å². The van der Waals surface area contributed by atoms with Crippen LogP contribution in [-0.4, -0.2) is 66.7 Å². The summed E-state index contributed by atoms with van der Waals surface area (Å²) in [6.07, 6.45) is 0.494. The molecule has 3 atom stereocenters. The summed E-state index contributed by atoms with van der Waals surface area (Å²) >= 11 is 0. The smallest absolute Gasteiger partial charge is 0.330 e. The number of benzene rings is 3. The zero-order valence-corrected chi connectivity index (χ0v) is 25.4. The summed E-state index contributed by atoms with van der Waals surface area (Å²) in [4.78, 5) is 27.3. The number of hydrogen-bond acceptors (Lipinski definition) is 9. The van der Waals surface area contributed by atoms with Crippen LogP contribution in [0, 0.1) is 6.92 Å². The van der Waals surface area contributed by atoms with E-state index in [0.717, 1.165) is 16.7 Å². The minimum Gasteiger partial charge on any atom is -0.497 e. The lowest BCUT2D eigenvalue weighted by molar-refractivity contribution is -0.204. The van der Waals surface area contributed by atoms with Gasteiger partial charge in [-0.25, -0.2) is 4.79 Å². The number of aromatic nitrogens is 2. The van der Waals surface area contributed by atoms with Crippen LogP contribution in [0.25, 0.3) is 0 Å². The van der Waals surface area contributed by atoms with Crippen LogP contribution >= 0.6 is 0 Å². The van der Waals surface area contributed by atoms with Crippen LogP contribution < -0.4 is 20.7 Å². The average molecular weight is 617 g/mol. The number of aliphatic hydroxyl groups is 1. The number of aromatic amines is 1. The summed E-state index contributed by atoms with van der Waals surface area (Å²) in [6, 6.07) is 25.0. The molecule has 1 unspecified atom stereocenters. The molecule has 0 radical (unpaired) electrons. The van der Waals surface area contributed by atoms with E-state index in [1.54, 1.807) is 21.1 Å². The Morgan fingerprint density at radius 2 is 1.47 bits per heavy atom. The van der Waals surface area contributed by atoms with Crippen molar-refractivity contribution in [1.82, 2.24) is 9.55 Å². The number of aryl methyl sites for hydroxylation is 1. The summed E-state index contributed by atoms with van der Waals surface area (Å²) in [6.45, 7) is 1.20. The molecular formula is C34H36N2O9. The third kappa shape index (κ3) is 5.47. The Hall–Kier alpha value is -4.26. The lowest BCUT2D eigenvalue weighted by atomic mass is 9.79. The van der Waals surface area contributed by atoms with Crippen LogP contribution in [0.5, 0.6) is 11.5 Å². The maximum Gasteiger partial charge on any atom is 0.330 e. The van der Waals surface area contributed by atoms with Crippen LogP contribution in [0.2, 0.25) is 0 Å². The largest absolute Gasteiger partial charge is 0.497 e. The number of fused-ring (bicyclic) bond motifs is 1. The Kier molecular flexibility index (Phi) is 8.38. The van der Waals surface area contributed by atoms with Crippen LogP contribution in [0.4, 0.5) is 0 Å². The van der Waals surface area contributed by atoms with Gasteiger partial charge in [-0.3, -0.25) is 14.3 Å². The molecule has 11 heteroatoms. The molecule has 0 aliphatic carbocycles.